The molecular formula is C28H26N4O2. The number of pyridine rings is 2. The Morgan fingerprint density at radius 2 is 1.94 bits per heavy atom. The molecule has 0 bridgehead atoms. The fourth-order valence-electron chi connectivity index (χ4n) is 4.54. The summed E-state index contributed by atoms with van der Waals surface area (Å²) < 4.78 is 7.63. The minimum Gasteiger partial charge on any atom is -0.513 e. The Balaban J connectivity index is 1.72. The summed E-state index contributed by atoms with van der Waals surface area (Å²) >= 11 is 0. The Morgan fingerprint density at radius 1 is 1.09 bits per heavy atom. The lowest BCUT2D eigenvalue weighted by Gasteiger charge is -2.15. The average Bonchev–Trinajstić information content (AvgIpc) is 3.38. The van der Waals surface area contributed by atoms with E-state index in [9.17, 15) is 5.11 Å². The summed E-state index contributed by atoms with van der Waals surface area (Å²) in [5.41, 5.74) is 8.70. The van der Waals surface area contributed by atoms with Gasteiger partial charge in [0.25, 0.3) is 0 Å². The van der Waals surface area contributed by atoms with Crippen molar-refractivity contribution < 1.29 is 9.63 Å². The van der Waals surface area contributed by atoms with Crippen LogP contribution in [0.5, 0.6) is 0 Å². The number of aliphatic hydroxyl groups excluding tert-OH is 1. The fourth-order valence-corrected chi connectivity index (χ4v) is 4.54. The van der Waals surface area contributed by atoms with Gasteiger partial charge in [0.1, 0.15) is 5.76 Å². The Hall–Kier alpha value is -4.19. The van der Waals surface area contributed by atoms with Crippen molar-refractivity contribution in [2.24, 2.45) is 0 Å². The number of hydrogen-bond donors (Lipinski definition) is 1. The molecule has 0 aliphatic rings. The first kappa shape index (κ1) is 21.6. The molecular weight excluding hydrogens is 424 g/mol. The molecule has 0 aliphatic carbocycles. The number of aryl methyl sites for hydroxylation is 2. The molecule has 34 heavy (non-hydrogen) atoms. The van der Waals surface area contributed by atoms with Gasteiger partial charge in [-0.1, -0.05) is 42.1 Å². The van der Waals surface area contributed by atoms with Crippen LogP contribution < -0.4 is 0 Å². The van der Waals surface area contributed by atoms with Gasteiger partial charge in [-0.25, -0.2) is 0 Å². The van der Waals surface area contributed by atoms with Crippen molar-refractivity contribution in [2.75, 3.05) is 0 Å². The molecule has 1 aromatic carbocycles. The van der Waals surface area contributed by atoms with Gasteiger partial charge in [-0.15, -0.1) is 0 Å². The number of aliphatic hydroxyl groups is 1. The van der Waals surface area contributed by atoms with E-state index in [4.69, 9.17) is 9.51 Å². The van der Waals surface area contributed by atoms with E-state index in [1.54, 1.807) is 0 Å². The molecule has 0 saturated heterocycles. The van der Waals surface area contributed by atoms with Gasteiger partial charge in [-0.05, 0) is 50.1 Å². The fraction of sp³-hybridized carbons (Fsp3) is 0.179. The molecule has 0 saturated carbocycles. The predicted octanol–water partition coefficient (Wildman–Crippen LogP) is 6.59. The number of rotatable bonds is 6. The monoisotopic (exact) mass is 450 g/mol. The summed E-state index contributed by atoms with van der Waals surface area (Å²) in [5.74, 6) is 0.914. The number of benzene rings is 1. The van der Waals surface area contributed by atoms with Crippen LogP contribution in [0.2, 0.25) is 0 Å². The van der Waals surface area contributed by atoms with Gasteiger partial charge in [-0.2, -0.15) is 0 Å². The summed E-state index contributed by atoms with van der Waals surface area (Å²) in [6.07, 6.45) is 6.26. The maximum atomic E-state index is 9.68. The number of nitrogens with zero attached hydrogens (tertiary/aromatic N) is 4. The highest BCUT2D eigenvalue weighted by molar-refractivity contribution is 5.95. The summed E-state index contributed by atoms with van der Waals surface area (Å²) in [6.45, 7) is 9.63. The second kappa shape index (κ2) is 8.63. The van der Waals surface area contributed by atoms with Gasteiger partial charge >= 0.3 is 0 Å². The smallest absolute Gasteiger partial charge is 0.141 e. The van der Waals surface area contributed by atoms with Crippen molar-refractivity contribution >= 4 is 11.0 Å². The Bertz CT molecular complexity index is 1480. The lowest BCUT2D eigenvalue weighted by molar-refractivity contribution is 0.393. The normalized spacial score (nSPS) is 12.2. The van der Waals surface area contributed by atoms with Gasteiger partial charge in [-0.3, -0.25) is 9.97 Å². The summed E-state index contributed by atoms with van der Waals surface area (Å²) in [6, 6.07) is 16.2. The number of aromatic nitrogens is 4. The van der Waals surface area contributed by atoms with Crippen LogP contribution in [0.25, 0.3) is 33.3 Å². The van der Waals surface area contributed by atoms with E-state index in [0.29, 0.717) is 6.42 Å². The molecule has 1 N–H and O–H groups in total. The second-order valence-electron chi connectivity index (χ2n) is 8.61. The molecule has 6 heteroatoms. The van der Waals surface area contributed by atoms with E-state index < -0.39 is 0 Å². The topological polar surface area (TPSA) is 77.0 Å². The molecule has 0 aliphatic heterocycles. The van der Waals surface area contributed by atoms with E-state index in [1.807, 2.05) is 56.6 Å². The zero-order valence-corrected chi connectivity index (χ0v) is 19.5. The number of allylic oxidation sites excluding steroid dienone is 1. The number of hydrogen-bond acceptors (Lipinski definition) is 5. The minimum absolute atomic E-state index is 0.000397. The van der Waals surface area contributed by atoms with Crippen LogP contribution in [0.15, 0.2) is 84.0 Å². The summed E-state index contributed by atoms with van der Waals surface area (Å²) in [4.78, 5) is 9.49. The molecule has 0 fully saturated rings. The van der Waals surface area contributed by atoms with Crippen LogP contribution in [-0.4, -0.2) is 24.8 Å². The molecule has 0 spiro atoms. The molecule has 5 aromatic rings. The highest BCUT2D eigenvalue weighted by atomic mass is 16.5. The molecule has 5 rings (SSSR count). The van der Waals surface area contributed by atoms with Crippen molar-refractivity contribution in [3.8, 4) is 22.3 Å². The molecule has 170 valence electrons. The van der Waals surface area contributed by atoms with Crippen LogP contribution in [0.3, 0.4) is 0 Å². The molecule has 0 unspecified atom stereocenters. The third-order valence-corrected chi connectivity index (χ3v) is 6.17. The highest BCUT2D eigenvalue weighted by Crippen LogP contribution is 2.36. The summed E-state index contributed by atoms with van der Waals surface area (Å²) in [5, 5.41) is 13.8. The molecule has 6 nitrogen and oxygen atoms in total. The van der Waals surface area contributed by atoms with Gasteiger partial charge < -0.3 is 14.2 Å². The summed E-state index contributed by atoms with van der Waals surface area (Å²) in [7, 11) is 0. The van der Waals surface area contributed by atoms with E-state index in [2.05, 4.69) is 52.6 Å². The molecule has 4 aromatic heterocycles. The Morgan fingerprint density at radius 3 is 2.65 bits per heavy atom. The Labute approximate surface area is 198 Å². The van der Waals surface area contributed by atoms with Gasteiger partial charge in [0.05, 0.1) is 34.2 Å². The van der Waals surface area contributed by atoms with Crippen LogP contribution in [0, 0.1) is 13.8 Å². The van der Waals surface area contributed by atoms with E-state index in [1.165, 1.54) is 0 Å². The van der Waals surface area contributed by atoms with Crippen molar-refractivity contribution in [3.63, 3.8) is 0 Å². The van der Waals surface area contributed by atoms with E-state index in [-0.39, 0.29) is 11.8 Å². The standard InChI is InChI=1S/C28H26N4O2/c1-17(33)12-21-8-7-9-22(13-21)24-16-32(19(3)25-10-5-6-11-29-25)26-14-23(15-30-28(24)26)27-18(2)31-34-20(27)4/h5-11,13-16,19,33H,1,12H2,2-4H3/t19-/m0/s1. The lowest BCUT2D eigenvalue weighted by atomic mass is 10.0. The quantitative estimate of drug-likeness (QED) is 0.295. The van der Waals surface area contributed by atoms with Crippen LogP contribution in [0.1, 0.15) is 35.7 Å². The van der Waals surface area contributed by atoms with E-state index in [0.717, 1.165) is 56.0 Å². The minimum atomic E-state index is -0.000397. The van der Waals surface area contributed by atoms with Gasteiger partial charge in [0.15, 0.2) is 0 Å². The molecule has 1 atom stereocenters. The maximum Gasteiger partial charge on any atom is 0.141 e. The van der Waals surface area contributed by atoms with Crippen molar-refractivity contribution in [2.45, 2.75) is 33.2 Å². The van der Waals surface area contributed by atoms with Gasteiger partial charge in [0, 0.05) is 41.7 Å². The second-order valence-corrected chi connectivity index (χ2v) is 8.61. The van der Waals surface area contributed by atoms with Crippen molar-refractivity contribution in [3.05, 3.63) is 102 Å². The van der Waals surface area contributed by atoms with E-state index >= 15 is 0 Å². The first-order valence-electron chi connectivity index (χ1n) is 11.2. The first-order chi connectivity index (χ1) is 16.4. The van der Waals surface area contributed by atoms with Crippen molar-refractivity contribution in [1.29, 1.82) is 0 Å². The maximum absolute atomic E-state index is 9.68. The number of fused-ring (bicyclic) bond motifs is 1. The predicted molar refractivity (Wildman–Crippen MR) is 134 cm³/mol. The van der Waals surface area contributed by atoms with Crippen molar-refractivity contribution in [1.82, 2.24) is 19.7 Å². The van der Waals surface area contributed by atoms with Crippen LogP contribution in [0.4, 0.5) is 0 Å². The average molecular weight is 451 g/mol. The van der Waals surface area contributed by atoms with Crippen LogP contribution in [-0.2, 0) is 6.42 Å². The molecule has 0 radical (unpaired) electrons. The lowest BCUT2D eigenvalue weighted by Crippen LogP contribution is -2.07. The highest BCUT2D eigenvalue weighted by Gasteiger charge is 2.20. The first-order valence-corrected chi connectivity index (χ1v) is 11.2. The zero-order valence-electron chi connectivity index (χ0n) is 19.5. The third-order valence-electron chi connectivity index (χ3n) is 6.17. The largest absolute Gasteiger partial charge is 0.513 e. The molecule has 4 heterocycles. The Kier molecular flexibility index (Phi) is 5.49. The van der Waals surface area contributed by atoms with Crippen LogP contribution >= 0.6 is 0 Å². The SMILES string of the molecule is C=C(O)Cc1cccc(-c2cn([C@@H](C)c3ccccn3)c3cc(-c4c(C)noc4C)cnc23)c1. The zero-order chi connectivity index (χ0) is 23.8. The molecule has 0 amide bonds. The third kappa shape index (κ3) is 3.88. The van der Waals surface area contributed by atoms with Gasteiger partial charge in [0.2, 0.25) is 0 Å².